The average Bonchev–Trinajstić information content (AvgIpc) is 2.89. The average molecular weight is 476 g/mol. The van der Waals surface area contributed by atoms with E-state index in [1.807, 2.05) is 12.1 Å². The van der Waals surface area contributed by atoms with E-state index in [-0.39, 0.29) is 5.82 Å². The van der Waals surface area contributed by atoms with Crippen LogP contribution < -0.4 is 10.7 Å². The summed E-state index contributed by atoms with van der Waals surface area (Å²) in [7, 11) is 0. The Kier molecular flexibility index (Phi) is 9.24. The Bertz CT molecular complexity index is 1120. The Balaban J connectivity index is 2.24. The SMILES string of the molecule is Cc1ccc(N(CCC(C)C)CCC(C)C)ncn(N)c(-c2ccc(F)cc2)c1-c1ccncc1. The number of anilines is 1. The van der Waals surface area contributed by atoms with Gasteiger partial charge in [-0.3, -0.25) is 9.66 Å². The van der Waals surface area contributed by atoms with Crippen molar-refractivity contribution in [2.24, 2.45) is 11.8 Å². The van der Waals surface area contributed by atoms with E-state index in [4.69, 9.17) is 10.8 Å². The first-order valence-electron chi connectivity index (χ1n) is 12.4. The predicted molar refractivity (Wildman–Crippen MR) is 144 cm³/mol. The number of nitrogen functional groups attached to an aromatic ring is 1. The quantitative estimate of drug-likeness (QED) is 0.346. The Labute approximate surface area is 209 Å². The molecule has 0 saturated carbocycles. The Hall–Kier alpha value is -3.41. The number of aryl methyl sites for hydroxylation is 1. The molecule has 0 atom stereocenters. The molecule has 2 N–H and O–H groups in total. The van der Waals surface area contributed by atoms with Crippen LogP contribution in [0.15, 0.2) is 67.3 Å². The maximum Gasteiger partial charge on any atom is 0.130 e. The molecule has 186 valence electrons. The molecule has 0 aliphatic carbocycles. The summed E-state index contributed by atoms with van der Waals surface area (Å²) < 4.78 is 15.3. The van der Waals surface area contributed by atoms with Crippen molar-refractivity contribution >= 4 is 5.82 Å². The van der Waals surface area contributed by atoms with Gasteiger partial charge in [-0.15, -0.1) is 0 Å². The van der Waals surface area contributed by atoms with Crippen molar-refractivity contribution in [3.8, 4) is 22.4 Å². The Morgan fingerprint density at radius 2 is 1.46 bits per heavy atom. The van der Waals surface area contributed by atoms with Crippen LogP contribution in [0.4, 0.5) is 10.2 Å². The second kappa shape index (κ2) is 12.3. The molecule has 6 heteroatoms. The molecule has 3 rings (SSSR count). The summed E-state index contributed by atoms with van der Waals surface area (Å²) in [6.07, 6.45) is 7.36. The van der Waals surface area contributed by atoms with Gasteiger partial charge in [0, 0.05) is 36.6 Å². The van der Waals surface area contributed by atoms with Gasteiger partial charge in [0.05, 0.1) is 5.69 Å². The van der Waals surface area contributed by atoms with Gasteiger partial charge in [-0.25, -0.2) is 9.37 Å². The normalized spacial score (nSPS) is 11.1. The third kappa shape index (κ3) is 7.28. The first-order chi connectivity index (χ1) is 16.8. The van der Waals surface area contributed by atoms with Gasteiger partial charge in [-0.05, 0) is 85.2 Å². The summed E-state index contributed by atoms with van der Waals surface area (Å²) in [5.74, 6) is 8.43. The maximum absolute atomic E-state index is 13.7. The number of nitrogens with zero attached hydrogens (tertiary/aromatic N) is 4. The number of halogens is 1. The van der Waals surface area contributed by atoms with Crippen LogP contribution in [0.1, 0.15) is 46.1 Å². The second-order valence-corrected chi connectivity index (χ2v) is 9.84. The molecule has 0 fully saturated rings. The van der Waals surface area contributed by atoms with Crippen molar-refractivity contribution in [2.45, 2.75) is 47.5 Å². The van der Waals surface area contributed by atoms with Crippen molar-refractivity contribution in [1.29, 1.82) is 0 Å². The summed E-state index contributed by atoms with van der Waals surface area (Å²) in [6, 6.07) is 14.5. The molecule has 0 aliphatic rings. The Morgan fingerprint density at radius 1 is 0.857 bits per heavy atom. The van der Waals surface area contributed by atoms with E-state index in [9.17, 15) is 4.39 Å². The molecule has 0 spiro atoms. The molecule has 0 unspecified atom stereocenters. The fraction of sp³-hybridized carbons (Fsp3) is 0.379. The molecule has 0 bridgehead atoms. The number of pyridine rings is 1. The zero-order valence-corrected chi connectivity index (χ0v) is 21.6. The van der Waals surface area contributed by atoms with Crippen LogP contribution >= 0.6 is 0 Å². The van der Waals surface area contributed by atoms with Gasteiger partial charge >= 0.3 is 0 Å². The molecular weight excluding hydrogens is 437 g/mol. The topological polar surface area (TPSA) is 60.0 Å². The van der Waals surface area contributed by atoms with Crippen molar-refractivity contribution in [3.05, 3.63) is 78.6 Å². The second-order valence-electron chi connectivity index (χ2n) is 9.84. The zero-order chi connectivity index (χ0) is 25.4. The number of hydrogen-bond donors (Lipinski definition) is 1. The standard InChI is InChI=1S/C29H38FN5/c1-21(2)14-18-34(19-15-22(3)4)27-11-6-23(5)28(24-12-16-32-17-13-24)29(35(31)20-33-27)25-7-9-26(30)10-8-25/h6-13,16-17,20-22H,14-15,18-19,31H2,1-5H3. The molecule has 2 heterocycles. The lowest BCUT2D eigenvalue weighted by atomic mass is 9.97. The van der Waals surface area contributed by atoms with Crippen LogP contribution in [0.5, 0.6) is 0 Å². The van der Waals surface area contributed by atoms with Gasteiger partial charge in [0.15, 0.2) is 0 Å². The highest BCUT2D eigenvalue weighted by Gasteiger charge is 2.14. The predicted octanol–water partition coefficient (Wildman–Crippen LogP) is 6.80. The van der Waals surface area contributed by atoms with E-state index in [1.54, 1.807) is 35.5 Å². The summed E-state index contributed by atoms with van der Waals surface area (Å²) in [6.45, 7) is 12.9. The van der Waals surface area contributed by atoms with Gasteiger partial charge in [-0.1, -0.05) is 33.8 Å². The lowest BCUT2D eigenvalue weighted by Crippen LogP contribution is -2.28. The highest BCUT2D eigenvalue weighted by atomic mass is 19.1. The molecular formula is C29H38FN5. The Morgan fingerprint density at radius 3 is 2.03 bits per heavy atom. The third-order valence-corrected chi connectivity index (χ3v) is 6.05. The fourth-order valence-corrected chi connectivity index (χ4v) is 3.96. The van der Waals surface area contributed by atoms with Gasteiger partial charge in [-0.2, -0.15) is 0 Å². The third-order valence-electron chi connectivity index (χ3n) is 6.05. The van der Waals surface area contributed by atoms with Gasteiger partial charge in [0.25, 0.3) is 0 Å². The van der Waals surface area contributed by atoms with Crippen LogP contribution in [0.3, 0.4) is 0 Å². The maximum atomic E-state index is 13.7. The summed E-state index contributed by atoms with van der Waals surface area (Å²) in [5, 5.41) is 0. The molecule has 0 radical (unpaired) electrons. The monoisotopic (exact) mass is 475 g/mol. The number of aromatic nitrogens is 3. The van der Waals surface area contributed by atoms with Crippen LogP contribution in [-0.4, -0.2) is 27.7 Å². The van der Waals surface area contributed by atoms with Crippen molar-refractivity contribution < 1.29 is 4.39 Å². The smallest absolute Gasteiger partial charge is 0.130 e. The van der Waals surface area contributed by atoms with Gasteiger partial charge in [0.2, 0.25) is 0 Å². The van der Waals surface area contributed by atoms with Crippen LogP contribution in [0, 0.1) is 24.6 Å². The minimum absolute atomic E-state index is 0.290. The molecule has 5 nitrogen and oxygen atoms in total. The summed E-state index contributed by atoms with van der Waals surface area (Å²) >= 11 is 0. The van der Waals surface area contributed by atoms with E-state index >= 15 is 0 Å². The van der Waals surface area contributed by atoms with Gasteiger partial charge in [0.1, 0.15) is 18.0 Å². The molecule has 3 aromatic rings. The van der Waals surface area contributed by atoms with Gasteiger partial charge < -0.3 is 10.7 Å². The lowest BCUT2D eigenvalue weighted by Gasteiger charge is -2.25. The molecule has 0 amide bonds. The molecule has 0 saturated heterocycles. The number of rotatable bonds is 9. The summed E-state index contributed by atoms with van der Waals surface area (Å²) in [5.41, 5.74) is 4.51. The lowest BCUT2D eigenvalue weighted by molar-refractivity contribution is 0.533. The van der Waals surface area contributed by atoms with E-state index in [1.165, 1.54) is 12.1 Å². The largest absolute Gasteiger partial charge is 0.357 e. The van der Waals surface area contributed by atoms with E-state index in [0.29, 0.717) is 11.8 Å². The minimum Gasteiger partial charge on any atom is -0.357 e. The van der Waals surface area contributed by atoms with Crippen molar-refractivity contribution in [2.75, 3.05) is 23.8 Å². The summed E-state index contributed by atoms with van der Waals surface area (Å²) in [4.78, 5) is 11.4. The van der Waals surface area contributed by atoms with Crippen molar-refractivity contribution in [1.82, 2.24) is 14.6 Å². The molecule has 0 aliphatic heterocycles. The number of hydrogen-bond acceptors (Lipinski definition) is 4. The molecule has 2 aromatic heterocycles. The highest BCUT2D eigenvalue weighted by molar-refractivity contribution is 5.82. The van der Waals surface area contributed by atoms with E-state index < -0.39 is 0 Å². The molecule has 1 aromatic carbocycles. The van der Waals surface area contributed by atoms with E-state index in [2.05, 4.69) is 56.6 Å². The number of benzene rings is 1. The first kappa shape index (κ1) is 26.2. The van der Waals surface area contributed by atoms with Crippen LogP contribution in [0.25, 0.3) is 22.4 Å². The fourth-order valence-electron chi connectivity index (χ4n) is 3.96. The molecule has 35 heavy (non-hydrogen) atoms. The number of nitrogens with two attached hydrogens (primary N) is 1. The zero-order valence-electron chi connectivity index (χ0n) is 21.6. The van der Waals surface area contributed by atoms with Crippen LogP contribution in [0.2, 0.25) is 0 Å². The van der Waals surface area contributed by atoms with Crippen molar-refractivity contribution in [3.63, 3.8) is 0 Å². The van der Waals surface area contributed by atoms with Crippen LogP contribution in [-0.2, 0) is 0 Å². The van der Waals surface area contributed by atoms with E-state index in [0.717, 1.165) is 59.7 Å². The first-order valence-corrected chi connectivity index (χ1v) is 12.4. The minimum atomic E-state index is -0.290. The highest BCUT2D eigenvalue weighted by Crippen LogP contribution is 2.33.